The number of aliphatic imine (C=N–C) groups is 1. The van der Waals surface area contributed by atoms with Gasteiger partial charge in [-0.25, -0.2) is 4.99 Å². The molecule has 1 fully saturated rings. The molecule has 0 spiro atoms. The maximum Gasteiger partial charge on any atom is 0.191 e. The lowest BCUT2D eigenvalue weighted by Crippen LogP contribution is -2.44. The van der Waals surface area contributed by atoms with Crippen molar-refractivity contribution in [2.45, 2.75) is 32.5 Å². The highest BCUT2D eigenvalue weighted by molar-refractivity contribution is 5.80. The highest BCUT2D eigenvalue weighted by atomic mass is 16.5. The quantitative estimate of drug-likeness (QED) is 0.422. The van der Waals surface area contributed by atoms with Crippen LogP contribution in [0.4, 0.5) is 5.69 Å². The highest BCUT2D eigenvalue weighted by Crippen LogP contribution is 2.30. The number of methoxy groups -OCH3 is 1. The Kier molecular flexibility index (Phi) is 7.27. The summed E-state index contributed by atoms with van der Waals surface area (Å²) in [5.41, 5.74) is 3.48. The van der Waals surface area contributed by atoms with E-state index in [0.29, 0.717) is 12.6 Å². The molecule has 0 saturated carbocycles. The lowest BCUT2D eigenvalue weighted by molar-refractivity contribution is 0.415. The van der Waals surface area contributed by atoms with E-state index in [1.165, 1.54) is 5.56 Å². The van der Waals surface area contributed by atoms with Gasteiger partial charge in [0, 0.05) is 37.4 Å². The van der Waals surface area contributed by atoms with E-state index in [-0.39, 0.29) is 0 Å². The van der Waals surface area contributed by atoms with Gasteiger partial charge in [0.05, 0.1) is 32.1 Å². The number of nitrogens with one attached hydrogen (secondary N) is 2. The van der Waals surface area contributed by atoms with Gasteiger partial charge in [0.2, 0.25) is 0 Å². The fourth-order valence-corrected chi connectivity index (χ4v) is 4.02. The molecular weight excluding hydrogens is 400 g/mol. The number of ether oxygens (including phenoxy) is 1. The maximum atomic E-state index is 5.53. The van der Waals surface area contributed by atoms with Crippen molar-refractivity contribution in [2.75, 3.05) is 31.6 Å². The van der Waals surface area contributed by atoms with E-state index in [9.17, 15) is 0 Å². The number of anilines is 1. The van der Waals surface area contributed by atoms with Crippen molar-refractivity contribution in [3.05, 3.63) is 78.1 Å². The Morgan fingerprint density at radius 1 is 1.12 bits per heavy atom. The van der Waals surface area contributed by atoms with Crippen molar-refractivity contribution in [1.82, 2.24) is 20.4 Å². The van der Waals surface area contributed by atoms with Crippen molar-refractivity contribution in [3.63, 3.8) is 0 Å². The molecule has 1 aliphatic heterocycles. The van der Waals surface area contributed by atoms with E-state index < -0.39 is 0 Å². The second-order valence-corrected chi connectivity index (χ2v) is 7.97. The van der Waals surface area contributed by atoms with Gasteiger partial charge in [-0.2, -0.15) is 5.10 Å². The molecule has 0 bridgehead atoms. The van der Waals surface area contributed by atoms with E-state index in [0.717, 1.165) is 55.6 Å². The van der Waals surface area contributed by atoms with Gasteiger partial charge < -0.3 is 20.3 Å². The predicted molar refractivity (Wildman–Crippen MR) is 129 cm³/mol. The summed E-state index contributed by atoms with van der Waals surface area (Å²) in [6, 6.07) is 18.9. The minimum Gasteiger partial charge on any atom is -0.495 e. The van der Waals surface area contributed by atoms with E-state index >= 15 is 0 Å². The molecule has 2 heterocycles. The number of hydrogen-bond donors (Lipinski definition) is 2. The van der Waals surface area contributed by atoms with E-state index in [1.807, 2.05) is 29.1 Å². The normalized spacial score (nSPS) is 16.2. The molecule has 0 amide bonds. The van der Waals surface area contributed by atoms with Gasteiger partial charge in [0.25, 0.3) is 0 Å². The molecule has 2 aromatic carbocycles. The molecule has 2 N–H and O–H groups in total. The van der Waals surface area contributed by atoms with Crippen LogP contribution in [-0.2, 0) is 13.1 Å². The summed E-state index contributed by atoms with van der Waals surface area (Å²) in [6.07, 6.45) is 5.02. The molecule has 1 saturated heterocycles. The first-order chi connectivity index (χ1) is 15.7. The largest absolute Gasteiger partial charge is 0.495 e. The number of rotatable bonds is 8. The van der Waals surface area contributed by atoms with Crippen LogP contribution in [0.1, 0.15) is 24.5 Å². The van der Waals surface area contributed by atoms with Crippen molar-refractivity contribution in [3.8, 4) is 5.75 Å². The van der Waals surface area contributed by atoms with Crippen LogP contribution in [0.2, 0.25) is 0 Å². The second-order valence-electron chi connectivity index (χ2n) is 7.97. The molecule has 1 atom stereocenters. The average Bonchev–Trinajstić information content (AvgIpc) is 3.48. The van der Waals surface area contributed by atoms with Crippen LogP contribution in [0.5, 0.6) is 5.75 Å². The smallest absolute Gasteiger partial charge is 0.191 e. The fraction of sp³-hybridized carbons (Fsp3) is 0.360. The molecule has 0 aliphatic carbocycles. The van der Waals surface area contributed by atoms with Crippen molar-refractivity contribution < 1.29 is 4.74 Å². The zero-order valence-corrected chi connectivity index (χ0v) is 18.9. The number of guanidine groups is 1. The minimum absolute atomic E-state index is 0.332. The van der Waals surface area contributed by atoms with Crippen molar-refractivity contribution in [2.24, 2.45) is 4.99 Å². The minimum atomic E-state index is 0.332. The molecule has 4 rings (SSSR count). The Hall–Kier alpha value is -3.48. The summed E-state index contributed by atoms with van der Waals surface area (Å²) in [4.78, 5) is 7.17. The SMILES string of the molecule is CCNC(=NCc1cnn(Cc2ccccc2)c1)NC1CCN(c2ccccc2OC)C1. The average molecular weight is 433 g/mol. The van der Waals surface area contributed by atoms with Gasteiger partial charge in [-0.1, -0.05) is 42.5 Å². The lowest BCUT2D eigenvalue weighted by atomic mass is 10.2. The van der Waals surface area contributed by atoms with E-state index in [1.54, 1.807) is 7.11 Å². The third kappa shape index (κ3) is 5.60. The zero-order chi connectivity index (χ0) is 22.2. The topological polar surface area (TPSA) is 66.7 Å². The Balaban J connectivity index is 1.35. The van der Waals surface area contributed by atoms with Crippen LogP contribution < -0.4 is 20.3 Å². The van der Waals surface area contributed by atoms with Crippen LogP contribution in [0, 0.1) is 0 Å². The molecule has 1 aliphatic rings. The van der Waals surface area contributed by atoms with Gasteiger partial charge in [-0.3, -0.25) is 4.68 Å². The molecule has 7 heteroatoms. The molecule has 1 unspecified atom stereocenters. The predicted octanol–water partition coefficient (Wildman–Crippen LogP) is 3.27. The standard InChI is InChI=1S/C25H32N6O/c1-3-26-25(27-15-21-16-28-31(18-21)17-20-9-5-4-6-10-20)29-22-13-14-30(19-22)23-11-7-8-12-24(23)32-2/h4-12,16,18,22H,3,13-15,17,19H2,1-2H3,(H2,26,27,29). The third-order valence-electron chi connectivity index (χ3n) is 5.59. The Bertz CT molecular complexity index is 1020. The van der Waals surface area contributed by atoms with Gasteiger partial charge in [0.15, 0.2) is 5.96 Å². The first-order valence-electron chi connectivity index (χ1n) is 11.2. The monoisotopic (exact) mass is 432 g/mol. The summed E-state index contributed by atoms with van der Waals surface area (Å²) in [5.74, 6) is 1.76. The molecule has 3 aromatic rings. The number of aromatic nitrogens is 2. The summed E-state index contributed by atoms with van der Waals surface area (Å²) < 4.78 is 7.49. The first-order valence-corrected chi connectivity index (χ1v) is 11.2. The van der Waals surface area contributed by atoms with Gasteiger partial charge in [-0.05, 0) is 31.0 Å². The maximum absolute atomic E-state index is 5.53. The van der Waals surface area contributed by atoms with Crippen LogP contribution in [0.15, 0.2) is 72.0 Å². The molecule has 7 nitrogen and oxygen atoms in total. The Labute approximate surface area is 190 Å². The van der Waals surface area contributed by atoms with Crippen molar-refractivity contribution in [1.29, 1.82) is 0 Å². The molecule has 1 aromatic heterocycles. The Morgan fingerprint density at radius 2 is 1.94 bits per heavy atom. The van der Waals surface area contributed by atoms with Crippen LogP contribution in [0.25, 0.3) is 0 Å². The number of nitrogens with zero attached hydrogens (tertiary/aromatic N) is 4. The summed E-state index contributed by atoms with van der Waals surface area (Å²) >= 11 is 0. The molecule has 0 radical (unpaired) electrons. The van der Waals surface area contributed by atoms with Crippen LogP contribution >= 0.6 is 0 Å². The zero-order valence-electron chi connectivity index (χ0n) is 18.9. The van der Waals surface area contributed by atoms with Crippen molar-refractivity contribution >= 4 is 11.6 Å². The van der Waals surface area contributed by atoms with Crippen LogP contribution in [0.3, 0.4) is 0 Å². The Morgan fingerprint density at radius 3 is 2.75 bits per heavy atom. The molecule has 168 valence electrons. The number of hydrogen-bond acceptors (Lipinski definition) is 4. The second kappa shape index (κ2) is 10.7. The third-order valence-corrected chi connectivity index (χ3v) is 5.59. The lowest BCUT2D eigenvalue weighted by Gasteiger charge is -2.22. The molecule has 32 heavy (non-hydrogen) atoms. The number of benzene rings is 2. The summed E-state index contributed by atoms with van der Waals surface area (Å²) in [6.45, 7) is 6.17. The van der Waals surface area contributed by atoms with Crippen LogP contribution in [-0.4, -0.2) is 48.5 Å². The molecular formula is C25H32N6O. The fourth-order valence-electron chi connectivity index (χ4n) is 4.02. The van der Waals surface area contributed by atoms with Gasteiger partial charge >= 0.3 is 0 Å². The summed E-state index contributed by atoms with van der Waals surface area (Å²) in [7, 11) is 1.72. The summed E-state index contributed by atoms with van der Waals surface area (Å²) in [5, 5.41) is 11.5. The first kappa shape index (κ1) is 21.7. The number of para-hydroxylation sites is 2. The van der Waals surface area contributed by atoms with Gasteiger partial charge in [0.1, 0.15) is 5.75 Å². The highest BCUT2D eigenvalue weighted by Gasteiger charge is 2.25. The van der Waals surface area contributed by atoms with E-state index in [2.05, 4.69) is 70.2 Å². The van der Waals surface area contributed by atoms with E-state index in [4.69, 9.17) is 9.73 Å². The van der Waals surface area contributed by atoms with Gasteiger partial charge in [-0.15, -0.1) is 0 Å².